The topological polar surface area (TPSA) is 56.8 Å². The van der Waals surface area contributed by atoms with Gasteiger partial charge < -0.3 is 15.2 Å². The zero-order chi connectivity index (χ0) is 15.1. The van der Waals surface area contributed by atoms with Crippen molar-refractivity contribution in [1.29, 1.82) is 0 Å². The molecule has 7 heteroatoms. The molecule has 1 atom stereocenters. The number of rotatable bonds is 6. The lowest BCUT2D eigenvalue weighted by atomic mass is 10.2. The maximum absolute atomic E-state index is 6.01. The fourth-order valence-corrected chi connectivity index (χ4v) is 2.92. The smallest absolute Gasteiger partial charge is 0.154 e. The number of nitrogens with two attached hydrogens (primary N) is 1. The normalized spacial score (nSPS) is 19.0. The molecular weight excluding hydrogens is 331 g/mol. The molecule has 1 saturated heterocycles. The molecule has 1 heterocycles. The average Bonchev–Trinajstić information content (AvgIpc) is 2.96. The van der Waals surface area contributed by atoms with Crippen LogP contribution in [-0.2, 0) is 4.74 Å². The van der Waals surface area contributed by atoms with Gasteiger partial charge in [-0.25, -0.2) is 0 Å². The lowest BCUT2D eigenvalue weighted by Crippen LogP contribution is -2.15. The van der Waals surface area contributed by atoms with Crippen molar-refractivity contribution in [3.63, 3.8) is 0 Å². The van der Waals surface area contributed by atoms with Gasteiger partial charge in [-0.3, -0.25) is 4.99 Å². The standard InChI is InChI=1S/C14H18Cl2N2O2S/c15-10-3-4-13(12(16)8-10)20-6-7-21-14(17)18-9-11-2-1-5-19-11/h3-4,8,11H,1-2,5-7,9H2,(H2,17,18)/t11-/m1/s1. The lowest BCUT2D eigenvalue weighted by molar-refractivity contribution is 0.118. The Kier molecular flexibility index (Phi) is 6.96. The van der Waals surface area contributed by atoms with Crippen LogP contribution in [0.2, 0.25) is 10.0 Å². The van der Waals surface area contributed by atoms with Crippen LogP contribution in [0.5, 0.6) is 5.75 Å². The minimum atomic E-state index is 0.230. The van der Waals surface area contributed by atoms with Crippen LogP contribution in [0.4, 0.5) is 0 Å². The summed E-state index contributed by atoms with van der Waals surface area (Å²) in [5, 5.41) is 1.66. The van der Waals surface area contributed by atoms with E-state index in [0.717, 1.165) is 19.4 Å². The first kappa shape index (κ1) is 16.7. The summed E-state index contributed by atoms with van der Waals surface area (Å²) in [5.41, 5.74) is 5.84. The van der Waals surface area contributed by atoms with Crippen molar-refractivity contribution < 1.29 is 9.47 Å². The van der Waals surface area contributed by atoms with Crippen LogP contribution in [0.3, 0.4) is 0 Å². The summed E-state index contributed by atoms with van der Waals surface area (Å²) in [4.78, 5) is 4.31. The third-order valence-corrected chi connectivity index (χ3v) is 4.29. The third-order valence-electron chi connectivity index (χ3n) is 2.96. The number of thioether (sulfide) groups is 1. The molecule has 0 amide bonds. The molecule has 0 aliphatic carbocycles. The van der Waals surface area contributed by atoms with Crippen LogP contribution in [0.15, 0.2) is 23.2 Å². The number of hydrogen-bond donors (Lipinski definition) is 1. The molecule has 116 valence electrons. The number of halogens is 2. The summed E-state index contributed by atoms with van der Waals surface area (Å²) >= 11 is 13.3. The molecule has 0 aromatic heterocycles. The molecule has 2 N–H and O–H groups in total. The second kappa shape index (κ2) is 8.73. The largest absolute Gasteiger partial charge is 0.491 e. The highest BCUT2D eigenvalue weighted by Crippen LogP contribution is 2.27. The molecule has 0 spiro atoms. The van der Waals surface area contributed by atoms with Gasteiger partial charge >= 0.3 is 0 Å². The van der Waals surface area contributed by atoms with Crippen LogP contribution in [0.1, 0.15) is 12.8 Å². The fraction of sp³-hybridized carbons (Fsp3) is 0.500. The van der Waals surface area contributed by atoms with E-state index >= 15 is 0 Å². The van der Waals surface area contributed by atoms with Gasteiger partial charge in [0.1, 0.15) is 5.75 Å². The molecular formula is C14H18Cl2N2O2S. The van der Waals surface area contributed by atoms with E-state index in [9.17, 15) is 0 Å². The molecule has 0 unspecified atom stereocenters. The summed E-state index contributed by atoms with van der Waals surface area (Å²) < 4.78 is 11.1. The van der Waals surface area contributed by atoms with E-state index in [-0.39, 0.29) is 6.10 Å². The molecule has 0 saturated carbocycles. The third kappa shape index (κ3) is 5.94. The molecule has 1 aliphatic rings. The predicted octanol–water partition coefficient (Wildman–Crippen LogP) is 3.60. The number of amidine groups is 1. The van der Waals surface area contributed by atoms with E-state index in [4.69, 9.17) is 38.4 Å². The monoisotopic (exact) mass is 348 g/mol. The summed E-state index contributed by atoms with van der Waals surface area (Å²) in [7, 11) is 0. The average molecular weight is 349 g/mol. The van der Waals surface area contributed by atoms with Crippen molar-refractivity contribution in [2.24, 2.45) is 10.7 Å². The lowest BCUT2D eigenvalue weighted by Gasteiger charge is -2.08. The van der Waals surface area contributed by atoms with Crippen molar-refractivity contribution in [2.45, 2.75) is 18.9 Å². The van der Waals surface area contributed by atoms with Crippen molar-refractivity contribution in [1.82, 2.24) is 0 Å². The Morgan fingerprint density at radius 3 is 3.05 bits per heavy atom. The highest BCUT2D eigenvalue weighted by Gasteiger charge is 2.14. The van der Waals surface area contributed by atoms with Gasteiger partial charge in [0.05, 0.1) is 24.3 Å². The highest BCUT2D eigenvalue weighted by molar-refractivity contribution is 8.13. The summed E-state index contributed by atoms with van der Waals surface area (Å²) in [6.45, 7) is 1.98. The molecule has 1 aliphatic heterocycles. The van der Waals surface area contributed by atoms with Crippen LogP contribution < -0.4 is 10.5 Å². The second-order valence-corrected chi connectivity index (χ2v) is 6.54. The van der Waals surface area contributed by atoms with Gasteiger partial charge in [-0.15, -0.1) is 0 Å². The number of aliphatic imine (C=N–C) groups is 1. The number of benzene rings is 1. The maximum Gasteiger partial charge on any atom is 0.154 e. The van der Waals surface area contributed by atoms with Crippen LogP contribution in [0, 0.1) is 0 Å². The van der Waals surface area contributed by atoms with Crippen molar-refractivity contribution in [2.75, 3.05) is 25.5 Å². The molecule has 4 nitrogen and oxygen atoms in total. The molecule has 1 aromatic rings. The Balaban J connectivity index is 1.65. The molecule has 21 heavy (non-hydrogen) atoms. The van der Waals surface area contributed by atoms with E-state index in [1.165, 1.54) is 11.8 Å². The molecule has 1 fully saturated rings. The first-order chi connectivity index (χ1) is 10.1. The van der Waals surface area contributed by atoms with Crippen LogP contribution in [0.25, 0.3) is 0 Å². The summed E-state index contributed by atoms with van der Waals surface area (Å²) in [5.74, 6) is 1.33. The van der Waals surface area contributed by atoms with E-state index in [1.807, 2.05) is 0 Å². The number of hydrogen-bond acceptors (Lipinski definition) is 4. The molecule has 0 bridgehead atoms. The zero-order valence-electron chi connectivity index (χ0n) is 11.6. The van der Waals surface area contributed by atoms with E-state index in [1.54, 1.807) is 18.2 Å². The summed E-state index contributed by atoms with van der Waals surface area (Å²) in [6, 6.07) is 5.15. The predicted molar refractivity (Wildman–Crippen MR) is 89.9 cm³/mol. The van der Waals surface area contributed by atoms with Crippen molar-refractivity contribution in [3.8, 4) is 5.75 Å². The second-order valence-electron chi connectivity index (χ2n) is 4.59. The van der Waals surface area contributed by atoms with E-state index in [0.29, 0.717) is 39.9 Å². The first-order valence-electron chi connectivity index (χ1n) is 6.77. The Hall–Kier alpha value is -0.620. The Morgan fingerprint density at radius 2 is 2.33 bits per heavy atom. The fourth-order valence-electron chi connectivity index (χ4n) is 1.92. The van der Waals surface area contributed by atoms with Gasteiger partial charge in [0.25, 0.3) is 0 Å². The molecule has 1 aromatic carbocycles. The highest BCUT2D eigenvalue weighted by atomic mass is 35.5. The van der Waals surface area contributed by atoms with E-state index < -0.39 is 0 Å². The Bertz CT molecular complexity index is 494. The Labute approximate surface area is 139 Å². The number of ether oxygens (including phenoxy) is 2. The minimum absolute atomic E-state index is 0.230. The molecule has 0 radical (unpaired) electrons. The minimum Gasteiger partial charge on any atom is -0.491 e. The quantitative estimate of drug-likeness (QED) is 0.484. The zero-order valence-corrected chi connectivity index (χ0v) is 13.9. The first-order valence-corrected chi connectivity index (χ1v) is 8.51. The molecule has 2 rings (SSSR count). The van der Waals surface area contributed by atoms with Gasteiger partial charge in [0.15, 0.2) is 5.17 Å². The van der Waals surface area contributed by atoms with Gasteiger partial charge in [-0.2, -0.15) is 0 Å². The van der Waals surface area contributed by atoms with Crippen molar-refractivity contribution in [3.05, 3.63) is 28.2 Å². The SMILES string of the molecule is NC(=NC[C@H]1CCCO1)SCCOc1ccc(Cl)cc1Cl. The van der Waals surface area contributed by atoms with Crippen LogP contribution >= 0.6 is 35.0 Å². The van der Waals surface area contributed by atoms with Gasteiger partial charge in [-0.1, -0.05) is 35.0 Å². The van der Waals surface area contributed by atoms with Gasteiger partial charge in [-0.05, 0) is 31.0 Å². The van der Waals surface area contributed by atoms with Gasteiger partial charge in [0.2, 0.25) is 0 Å². The summed E-state index contributed by atoms with van der Waals surface area (Å²) in [6.07, 6.45) is 2.41. The maximum atomic E-state index is 6.01. The van der Waals surface area contributed by atoms with Crippen LogP contribution in [-0.4, -0.2) is 36.8 Å². The van der Waals surface area contributed by atoms with E-state index in [2.05, 4.69) is 4.99 Å². The van der Waals surface area contributed by atoms with Crippen molar-refractivity contribution >= 4 is 40.1 Å². The Morgan fingerprint density at radius 1 is 1.48 bits per heavy atom. The number of nitrogens with zero attached hydrogens (tertiary/aromatic N) is 1. The van der Waals surface area contributed by atoms with Gasteiger partial charge in [0, 0.05) is 17.4 Å².